The number of hydrogen-bond donors (Lipinski definition) is 1. The highest BCUT2D eigenvalue weighted by atomic mass is 19.1. The molecule has 0 aromatic carbocycles. The fraction of sp³-hybridized carbons (Fsp3) is 1.00. The standard InChI is InChI=1S/C8H18FNO/c1-8(2)11-7-6-10-5-3-4-9/h8,10H,3-7H2,1-2H3. The summed E-state index contributed by atoms with van der Waals surface area (Å²) in [5.41, 5.74) is 0. The third-order valence-corrected chi connectivity index (χ3v) is 1.22. The molecule has 0 spiro atoms. The highest BCUT2D eigenvalue weighted by Crippen LogP contribution is 1.85. The first kappa shape index (κ1) is 10.8. The van der Waals surface area contributed by atoms with E-state index in [0.717, 1.165) is 13.1 Å². The zero-order chi connectivity index (χ0) is 8.53. The maximum absolute atomic E-state index is 11.6. The Kier molecular flexibility index (Phi) is 7.84. The van der Waals surface area contributed by atoms with Gasteiger partial charge < -0.3 is 10.1 Å². The van der Waals surface area contributed by atoms with Crippen LogP contribution in [0.2, 0.25) is 0 Å². The van der Waals surface area contributed by atoms with E-state index in [1.54, 1.807) is 0 Å². The minimum absolute atomic E-state index is 0.238. The summed E-state index contributed by atoms with van der Waals surface area (Å²) in [6.07, 6.45) is 0.889. The molecule has 0 radical (unpaired) electrons. The van der Waals surface area contributed by atoms with E-state index in [9.17, 15) is 4.39 Å². The van der Waals surface area contributed by atoms with Crippen LogP contribution in [-0.4, -0.2) is 32.5 Å². The molecule has 0 amide bonds. The third kappa shape index (κ3) is 9.85. The summed E-state index contributed by atoms with van der Waals surface area (Å²) < 4.78 is 16.8. The van der Waals surface area contributed by atoms with Crippen molar-refractivity contribution in [2.45, 2.75) is 26.4 Å². The molecule has 0 atom stereocenters. The summed E-state index contributed by atoms with van der Waals surface area (Å²) in [5, 5.41) is 3.08. The molecule has 0 aliphatic carbocycles. The van der Waals surface area contributed by atoms with E-state index in [4.69, 9.17) is 4.74 Å². The van der Waals surface area contributed by atoms with Crippen LogP contribution in [0.3, 0.4) is 0 Å². The molecule has 0 aromatic rings. The minimum Gasteiger partial charge on any atom is -0.377 e. The Morgan fingerprint density at radius 2 is 2.09 bits per heavy atom. The average molecular weight is 163 g/mol. The van der Waals surface area contributed by atoms with Gasteiger partial charge in [-0.3, -0.25) is 4.39 Å². The van der Waals surface area contributed by atoms with E-state index < -0.39 is 0 Å². The highest BCUT2D eigenvalue weighted by Gasteiger charge is 1.91. The molecule has 0 rings (SSSR count). The third-order valence-electron chi connectivity index (χ3n) is 1.22. The van der Waals surface area contributed by atoms with Crippen LogP contribution in [0.25, 0.3) is 0 Å². The van der Waals surface area contributed by atoms with Crippen LogP contribution in [0, 0.1) is 0 Å². The second kappa shape index (κ2) is 7.95. The smallest absolute Gasteiger partial charge is 0.0906 e. The van der Waals surface area contributed by atoms with E-state index in [0.29, 0.717) is 13.0 Å². The first-order valence-corrected chi connectivity index (χ1v) is 4.15. The van der Waals surface area contributed by atoms with Crippen molar-refractivity contribution < 1.29 is 9.13 Å². The zero-order valence-corrected chi connectivity index (χ0v) is 7.40. The second-order valence-corrected chi connectivity index (χ2v) is 2.71. The lowest BCUT2D eigenvalue weighted by molar-refractivity contribution is 0.0808. The van der Waals surface area contributed by atoms with E-state index in [1.165, 1.54) is 0 Å². The van der Waals surface area contributed by atoms with Crippen LogP contribution < -0.4 is 5.32 Å². The molecule has 0 saturated heterocycles. The van der Waals surface area contributed by atoms with E-state index in [-0.39, 0.29) is 12.8 Å². The van der Waals surface area contributed by atoms with Gasteiger partial charge in [-0.25, -0.2) is 0 Å². The number of ether oxygens (including phenoxy) is 1. The normalized spacial score (nSPS) is 10.9. The lowest BCUT2D eigenvalue weighted by atomic mass is 10.4. The molecule has 68 valence electrons. The summed E-state index contributed by atoms with van der Waals surface area (Å²) in [5.74, 6) is 0. The lowest BCUT2D eigenvalue weighted by Gasteiger charge is -2.07. The fourth-order valence-corrected chi connectivity index (χ4v) is 0.684. The van der Waals surface area contributed by atoms with Gasteiger partial charge in [0.25, 0.3) is 0 Å². The van der Waals surface area contributed by atoms with Crippen LogP contribution in [0.5, 0.6) is 0 Å². The van der Waals surface area contributed by atoms with Crippen molar-refractivity contribution >= 4 is 0 Å². The highest BCUT2D eigenvalue weighted by molar-refractivity contribution is 4.46. The molecule has 3 heteroatoms. The van der Waals surface area contributed by atoms with Gasteiger partial charge in [0.2, 0.25) is 0 Å². The van der Waals surface area contributed by atoms with Gasteiger partial charge in [0, 0.05) is 6.54 Å². The first-order chi connectivity index (χ1) is 5.27. The zero-order valence-electron chi connectivity index (χ0n) is 7.40. The average Bonchev–Trinajstić information content (AvgIpc) is 1.96. The molecule has 0 saturated carbocycles. The van der Waals surface area contributed by atoms with E-state index >= 15 is 0 Å². The van der Waals surface area contributed by atoms with Crippen LogP contribution in [0.15, 0.2) is 0 Å². The molecule has 0 unspecified atom stereocenters. The van der Waals surface area contributed by atoms with Gasteiger partial charge in [-0.1, -0.05) is 0 Å². The van der Waals surface area contributed by atoms with Crippen molar-refractivity contribution in [1.82, 2.24) is 5.32 Å². The molecule has 11 heavy (non-hydrogen) atoms. The van der Waals surface area contributed by atoms with Crippen molar-refractivity contribution in [2.24, 2.45) is 0 Å². The Labute approximate surface area is 68.1 Å². The number of hydrogen-bond acceptors (Lipinski definition) is 2. The number of rotatable bonds is 7. The SMILES string of the molecule is CC(C)OCCNCCCF. The Morgan fingerprint density at radius 1 is 1.36 bits per heavy atom. The molecule has 0 aliphatic heterocycles. The van der Waals surface area contributed by atoms with Crippen LogP contribution in [0.4, 0.5) is 4.39 Å². The largest absolute Gasteiger partial charge is 0.377 e. The Balaban J connectivity index is 2.80. The molecule has 0 fully saturated rings. The molecular formula is C8H18FNO. The molecule has 0 bridgehead atoms. The Morgan fingerprint density at radius 3 is 2.64 bits per heavy atom. The summed E-state index contributed by atoms with van der Waals surface area (Å²) >= 11 is 0. The summed E-state index contributed by atoms with van der Waals surface area (Å²) in [7, 11) is 0. The maximum atomic E-state index is 11.6. The molecular weight excluding hydrogens is 145 g/mol. The van der Waals surface area contributed by atoms with Crippen LogP contribution in [0.1, 0.15) is 20.3 Å². The topological polar surface area (TPSA) is 21.3 Å². The summed E-state index contributed by atoms with van der Waals surface area (Å²) in [4.78, 5) is 0. The number of nitrogens with one attached hydrogen (secondary N) is 1. The lowest BCUT2D eigenvalue weighted by Crippen LogP contribution is -2.22. The first-order valence-electron chi connectivity index (χ1n) is 4.15. The molecule has 1 N–H and O–H groups in total. The van der Waals surface area contributed by atoms with Gasteiger partial charge in [-0.15, -0.1) is 0 Å². The van der Waals surface area contributed by atoms with Crippen LogP contribution >= 0.6 is 0 Å². The van der Waals surface area contributed by atoms with Gasteiger partial charge in [0.05, 0.1) is 19.4 Å². The van der Waals surface area contributed by atoms with Gasteiger partial charge in [0.1, 0.15) is 0 Å². The van der Waals surface area contributed by atoms with Crippen molar-refractivity contribution in [2.75, 3.05) is 26.4 Å². The molecule has 2 nitrogen and oxygen atoms in total. The van der Waals surface area contributed by atoms with Crippen molar-refractivity contribution in [3.63, 3.8) is 0 Å². The molecule has 0 heterocycles. The van der Waals surface area contributed by atoms with Crippen molar-refractivity contribution in [3.8, 4) is 0 Å². The monoisotopic (exact) mass is 163 g/mol. The van der Waals surface area contributed by atoms with Crippen molar-refractivity contribution in [1.29, 1.82) is 0 Å². The van der Waals surface area contributed by atoms with Gasteiger partial charge in [0.15, 0.2) is 0 Å². The van der Waals surface area contributed by atoms with Gasteiger partial charge in [-0.05, 0) is 26.8 Å². The Bertz CT molecular complexity index is 78.5. The van der Waals surface area contributed by atoms with E-state index in [1.807, 2.05) is 13.8 Å². The number of alkyl halides is 1. The summed E-state index contributed by atoms with van der Waals surface area (Å²) in [6, 6.07) is 0. The van der Waals surface area contributed by atoms with Crippen molar-refractivity contribution in [3.05, 3.63) is 0 Å². The summed E-state index contributed by atoms with van der Waals surface area (Å²) in [6.45, 7) is 6.04. The van der Waals surface area contributed by atoms with Gasteiger partial charge in [-0.2, -0.15) is 0 Å². The minimum atomic E-state index is -0.238. The quantitative estimate of drug-likeness (QED) is 0.572. The van der Waals surface area contributed by atoms with E-state index in [2.05, 4.69) is 5.32 Å². The fourth-order valence-electron chi connectivity index (χ4n) is 0.684. The van der Waals surface area contributed by atoms with Crippen LogP contribution in [-0.2, 0) is 4.74 Å². The molecule has 0 aromatic heterocycles. The number of halogens is 1. The molecule has 0 aliphatic rings. The second-order valence-electron chi connectivity index (χ2n) is 2.71. The predicted molar refractivity (Wildman–Crippen MR) is 44.5 cm³/mol. The maximum Gasteiger partial charge on any atom is 0.0906 e. The van der Waals surface area contributed by atoms with Gasteiger partial charge >= 0.3 is 0 Å². The predicted octanol–water partition coefficient (Wildman–Crippen LogP) is 1.36. The Hall–Kier alpha value is -0.150.